The lowest BCUT2D eigenvalue weighted by Crippen LogP contribution is -2.14. The molecule has 0 bridgehead atoms. The third-order valence-corrected chi connectivity index (χ3v) is 1.92. The van der Waals surface area contributed by atoms with Gasteiger partial charge in [-0.25, -0.2) is 18.5 Å². The summed E-state index contributed by atoms with van der Waals surface area (Å²) in [5, 5.41) is 12.6. The first-order valence-electron chi connectivity index (χ1n) is 2.79. The molecule has 0 aliphatic rings. The molecule has 1 heterocycles. The van der Waals surface area contributed by atoms with Gasteiger partial charge in [0.2, 0.25) is 11.0 Å². The van der Waals surface area contributed by atoms with Crippen LogP contribution in [0.2, 0.25) is 0 Å². The summed E-state index contributed by atoms with van der Waals surface area (Å²) < 4.78 is 33.5. The number of nitrogens with zero attached hydrogens (tertiary/aromatic N) is 1. The molecule has 1 aromatic rings. The third kappa shape index (κ3) is 1.69. The van der Waals surface area contributed by atoms with Crippen LogP contribution in [0.4, 0.5) is 4.39 Å². The Balaban J connectivity index is 3.43. The van der Waals surface area contributed by atoms with Gasteiger partial charge in [0.05, 0.1) is 0 Å². The van der Waals surface area contributed by atoms with Crippen molar-refractivity contribution in [3.05, 3.63) is 18.1 Å². The minimum Gasteiger partial charge on any atom is -0.505 e. The molecule has 0 aliphatic carbocycles. The first kappa shape index (κ1) is 8.88. The standard InChI is InChI=1S/C5H5FN2O3S/c6-4-2-1-3(9)5(8-4)12(7,10)11/h1-2,9H,(H2,7,10,11). The van der Waals surface area contributed by atoms with Crippen LogP contribution < -0.4 is 5.14 Å². The number of sulfonamides is 1. The summed E-state index contributed by atoms with van der Waals surface area (Å²) >= 11 is 0. The smallest absolute Gasteiger partial charge is 0.259 e. The number of aromatic hydroxyl groups is 1. The van der Waals surface area contributed by atoms with Crippen LogP contribution in [0, 0.1) is 5.95 Å². The van der Waals surface area contributed by atoms with Gasteiger partial charge >= 0.3 is 0 Å². The molecule has 0 spiro atoms. The molecule has 0 aromatic carbocycles. The largest absolute Gasteiger partial charge is 0.505 e. The van der Waals surface area contributed by atoms with Gasteiger partial charge in [0, 0.05) is 0 Å². The predicted molar refractivity (Wildman–Crippen MR) is 37.2 cm³/mol. The molecule has 66 valence electrons. The fourth-order valence-corrected chi connectivity index (χ4v) is 1.19. The Morgan fingerprint density at radius 2 is 2.08 bits per heavy atom. The van der Waals surface area contributed by atoms with Crippen molar-refractivity contribution in [2.24, 2.45) is 5.14 Å². The van der Waals surface area contributed by atoms with Crippen LogP contribution in [-0.4, -0.2) is 18.5 Å². The minimum atomic E-state index is -4.16. The summed E-state index contributed by atoms with van der Waals surface area (Å²) in [6.45, 7) is 0. The molecule has 0 saturated carbocycles. The molecule has 1 rings (SSSR count). The summed E-state index contributed by atoms with van der Waals surface area (Å²) in [5.41, 5.74) is 0. The summed E-state index contributed by atoms with van der Waals surface area (Å²) in [7, 11) is -4.16. The Bertz CT molecular complexity index is 403. The van der Waals surface area contributed by atoms with E-state index in [1.54, 1.807) is 0 Å². The molecular weight excluding hydrogens is 187 g/mol. The van der Waals surface area contributed by atoms with E-state index in [9.17, 15) is 12.8 Å². The number of rotatable bonds is 1. The van der Waals surface area contributed by atoms with Gasteiger partial charge in [-0.15, -0.1) is 0 Å². The maximum absolute atomic E-state index is 12.3. The van der Waals surface area contributed by atoms with Crippen molar-refractivity contribution >= 4 is 10.0 Å². The highest BCUT2D eigenvalue weighted by Gasteiger charge is 2.16. The van der Waals surface area contributed by atoms with Crippen molar-refractivity contribution in [3.8, 4) is 5.75 Å². The van der Waals surface area contributed by atoms with Crippen LogP contribution in [-0.2, 0) is 10.0 Å². The second-order valence-electron chi connectivity index (χ2n) is 2.00. The highest BCUT2D eigenvalue weighted by Crippen LogP contribution is 2.17. The summed E-state index contributed by atoms with van der Waals surface area (Å²) in [4.78, 5) is 2.91. The molecule has 12 heavy (non-hydrogen) atoms. The normalized spacial score (nSPS) is 11.5. The quantitative estimate of drug-likeness (QED) is 0.590. The molecule has 0 unspecified atom stereocenters. The Morgan fingerprint density at radius 3 is 2.50 bits per heavy atom. The summed E-state index contributed by atoms with van der Waals surface area (Å²) in [5.74, 6) is -1.68. The molecule has 0 radical (unpaired) electrons. The highest BCUT2D eigenvalue weighted by atomic mass is 32.2. The van der Waals surface area contributed by atoms with E-state index < -0.39 is 26.7 Å². The Hall–Kier alpha value is -1.21. The van der Waals surface area contributed by atoms with Crippen LogP contribution >= 0.6 is 0 Å². The molecule has 5 nitrogen and oxygen atoms in total. The second-order valence-corrected chi connectivity index (χ2v) is 3.48. The number of hydrogen-bond acceptors (Lipinski definition) is 4. The zero-order valence-electron chi connectivity index (χ0n) is 5.73. The Kier molecular flexibility index (Phi) is 1.99. The average molecular weight is 192 g/mol. The number of hydrogen-bond donors (Lipinski definition) is 2. The van der Waals surface area contributed by atoms with Crippen molar-refractivity contribution in [3.63, 3.8) is 0 Å². The third-order valence-electron chi connectivity index (χ3n) is 1.08. The first-order chi connectivity index (χ1) is 5.41. The second kappa shape index (κ2) is 2.68. The topological polar surface area (TPSA) is 93.3 Å². The van der Waals surface area contributed by atoms with Gasteiger partial charge in [-0.3, -0.25) is 0 Å². The molecule has 7 heteroatoms. The maximum atomic E-state index is 12.3. The van der Waals surface area contributed by atoms with Gasteiger partial charge in [0.1, 0.15) is 0 Å². The van der Waals surface area contributed by atoms with Crippen molar-refractivity contribution < 1.29 is 17.9 Å². The summed E-state index contributed by atoms with van der Waals surface area (Å²) in [6.07, 6.45) is 0. The number of aromatic nitrogens is 1. The van der Waals surface area contributed by atoms with Gasteiger partial charge < -0.3 is 5.11 Å². The van der Waals surface area contributed by atoms with Gasteiger partial charge in [-0.2, -0.15) is 4.39 Å². The van der Waals surface area contributed by atoms with E-state index in [-0.39, 0.29) is 0 Å². The highest BCUT2D eigenvalue weighted by molar-refractivity contribution is 7.89. The van der Waals surface area contributed by atoms with E-state index in [4.69, 9.17) is 5.11 Å². The lowest BCUT2D eigenvalue weighted by molar-refractivity contribution is 0.442. The lowest BCUT2D eigenvalue weighted by Gasteiger charge is -1.98. The SMILES string of the molecule is NS(=O)(=O)c1nc(F)ccc1O. The fraction of sp³-hybridized carbons (Fsp3) is 0. The van der Waals surface area contributed by atoms with E-state index in [0.717, 1.165) is 12.1 Å². The number of primary sulfonamides is 1. The zero-order chi connectivity index (χ0) is 9.35. The molecule has 0 saturated heterocycles. The molecule has 0 fully saturated rings. The molecule has 3 N–H and O–H groups in total. The minimum absolute atomic E-state index is 0.668. The molecule has 1 aromatic heterocycles. The lowest BCUT2D eigenvalue weighted by atomic mass is 10.5. The van der Waals surface area contributed by atoms with E-state index in [1.807, 2.05) is 0 Å². The number of nitrogens with two attached hydrogens (primary N) is 1. The van der Waals surface area contributed by atoms with E-state index in [1.165, 1.54) is 0 Å². The van der Waals surface area contributed by atoms with Crippen molar-refractivity contribution in [1.82, 2.24) is 4.98 Å². The Morgan fingerprint density at radius 1 is 1.50 bits per heavy atom. The molecule has 0 atom stereocenters. The molecule has 0 amide bonds. The first-order valence-corrected chi connectivity index (χ1v) is 4.34. The van der Waals surface area contributed by atoms with Crippen LogP contribution in [0.5, 0.6) is 5.75 Å². The predicted octanol–water partition coefficient (Wildman–Crippen LogP) is -0.426. The number of pyridine rings is 1. The van der Waals surface area contributed by atoms with Crippen LogP contribution in [0.3, 0.4) is 0 Å². The maximum Gasteiger partial charge on any atom is 0.259 e. The van der Waals surface area contributed by atoms with E-state index >= 15 is 0 Å². The summed E-state index contributed by atoms with van der Waals surface area (Å²) in [6, 6.07) is 1.69. The zero-order valence-corrected chi connectivity index (χ0v) is 6.55. The van der Waals surface area contributed by atoms with Crippen LogP contribution in [0.25, 0.3) is 0 Å². The van der Waals surface area contributed by atoms with Crippen LogP contribution in [0.15, 0.2) is 17.2 Å². The van der Waals surface area contributed by atoms with Crippen molar-refractivity contribution in [2.45, 2.75) is 5.03 Å². The van der Waals surface area contributed by atoms with E-state index in [0.29, 0.717) is 0 Å². The van der Waals surface area contributed by atoms with E-state index in [2.05, 4.69) is 10.1 Å². The number of halogens is 1. The van der Waals surface area contributed by atoms with Gasteiger partial charge in [0.25, 0.3) is 10.0 Å². The molecule has 0 aliphatic heterocycles. The fourth-order valence-electron chi connectivity index (χ4n) is 0.620. The average Bonchev–Trinajstić information content (AvgIpc) is 1.92. The van der Waals surface area contributed by atoms with Crippen LogP contribution in [0.1, 0.15) is 0 Å². The van der Waals surface area contributed by atoms with Gasteiger partial charge in [-0.05, 0) is 12.1 Å². The van der Waals surface area contributed by atoms with Crippen molar-refractivity contribution in [2.75, 3.05) is 0 Å². The monoisotopic (exact) mass is 192 g/mol. The Labute approximate surface area is 67.7 Å². The van der Waals surface area contributed by atoms with Gasteiger partial charge in [-0.1, -0.05) is 0 Å². The van der Waals surface area contributed by atoms with Gasteiger partial charge in [0.15, 0.2) is 5.75 Å². The molecular formula is C5H5FN2O3S. The van der Waals surface area contributed by atoms with Crippen molar-refractivity contribution in [1.29, 1.82) is 0 Å².